The monoisotopic (exact) mass is 285 g/mol. The molecule has 112 valence electrons. The maximum absolute atomic E-state index is 5.55. The second-order valence-electron chi connectivity index (χ2n) is 5.67. The number of anilines is 2. The number of aromatic nitrogens is 2. The molecule has 2 aromatic rings. The second-order valence-corrected chi connectivity index (χ2v) is 5.67. The molecular weight excluding hydrogens is 262 g/mol. The van der Waals surface area contributed by atoms with Crippen molar-refractivity contribution in [3.63, 3.8) is 0 Å². The molecule has 0 aliphatic rings. The Bertz CT molecular complexity index is 595. The Morgan fingerprint density at radius 1 is 1.19 bits per heavy atom. The Labute approximate surface area is 126 Å². The summed E-state index contributed by atoms with van der Waals surface area (Å²) in [4.78, 5) is 11.3. The fraction of sp³-hybridized carbons (Fsp3) is 0.375. The molecule has 1 heterocycles. The molecule has 3 N–H and O–H groups in total. The van der Waals surface area contributed by atoms with Gasteiger partial charge in [0.05, 0.1) is 0 Å². The van der Waals surface area contributed by atoms with Gasteiger partial charge >= 0.3 is 0 Å². The molecule has 0 saturated heterocycles. The molecular formula is C16H23N5. The van der Waals surface area contributed by atoms with Crippen molar-refractivity contribution in [1.82, 2.24) is 9.97 Å². The normalized spacial score (nSPS) is 11.3. The Balaban J connectivity index is 2.48. The number of rotatable bonds is 5. The van der Waals surface area contributed by atoms with Crippen molar-refractivity contribution in [2.24, 2.45) is 5.84 Å². The highest BCUT2D eigenvalue weighted by Gasteiger charge is 2.23. The van der Waals surface area contributed by atoms with Crippen molar-refractivity contribution in [1.29, 1.82) is 0 Å². The maximum atomic E-state index is 5.55. The molecule has 0 fully saturated rings. The summed E-state index contributed by atoms with van der Waals surface area (Å²) in [5, 5.41) is 0. The molecule has 0 aliphatic heterocycles. The topological polar surface area (TPSA) is 67.1 Å². The predicted octanol–water partition coefficient (Wildman–Crippen LogP) is 3.05. The van der Waals surface area contributed by atoms with Gasteiger partial charge in [-0.1, -0.05) is 37.3 Å². The van der Waals surface area contributed by atoms with Crippen LogP contribution in [0.4, 0.5) is 11.6 Å². The number of hydrogen-bond donors (Lipinski definition) is 2. The minimum absolute atomic E-state index is 0.00811. The molecule has 0 radical (unpaired) electrons. The van der Waals surface area contributed by atoms with Crippen LogP contribution in [0.3, 0.4) is 0 Å². The van der Waals surface area contributed by atoms with Crippen LogP contribution in [0.25, 0.3) is 11.4 Å². The molecule has 0 amide bonds. The minimum atomic E-state index is 0.00811. The van der Waals surface area contributed by atoms with Gasteiger partial charge in [0.2, 0.25) is 0 Å². The highest BCUT2D eigenvalue weighted by atomic mass is 15.3. The third-order valence-electron chi connectivity index (χ3n) is 4.01. The van der Waals surface area contributed by atoms with Gasteiger partial charge in [-0.3, -0.25) is 0 Å². The summed E-state index contributed by atoms with van der Waals surface area (Å²) in [5.74, 6) is 7.67. The van der Waals surface area contributed by atoms with E-state index in [1.54, 1.807) is 0 Å². The fourth-order valence-corrected chi connectivity index (χ4v) is 1.94. The molecule has 0 unspecified atom stereocenters. The molecule has 5 heteroatoms. The zero-order valence-corrected chi connectivity index (χ0v) is 13.1. The molecule has 0 aliphatic carbocycles. The first kappa shape index (κ1) is 15.3. The van der Waals surface area contributed by atoms with Gasteiger partial charge in [-0.05, 0) is 20.3 Å². The number of nitrogens with one attached hydrogen (secondary N) is 1. The third-order valence-corrected chi connectivity index (χ3v) is 4.01. The van der Waals surface area contributed by atoms with Crippen molar-refractivity contribution in [2.75, 3.05) is 17.4 Å². The van der Waals surface area contributed by atoms with E-state index in [9.17, 15) is 0 Å². The van der Waals surface area contributed by atoms with Crippen molar-refractivity contribution in [3.8, 4) is 11.4 Å². The van der Waals surface area contributed by atoms with Crippen LogP contribution in [0.1, 0.15) is 27.2 Å². The number of benzene rings is 1. The van der Waals surface area contributed by atoms with Gasteiger partial charge in [-0.2, -0.15) is 0 Å². The lowest BCUT2D eigenvalue weighted by atomic mass is 10.00. The lowest BCUT2D eigenvalue weighted by Crippen LogP contribution is -2.41. The van der Waals surface area contributed by atoms with E-state index in [1.165, 1.54) is 0 Å². The van der Waals surface area contributed by atoms with Crippen molar-refractivity contribution in [3.05, 3.63) is 36.4 Å². The molecule has 0 bridgehead atoms. The summed E-state index contributed by atoms with van der Waals surface area (Å²) < 4.78 is 0. The molecule has 2 rings (SSSR count). The van der Waals surface area contributed by atoms with Crippen molar-refractivity contribution < 1.29 is 0 Å². The van der Waals surface area contributed by atoms with Crippen LogP contribution >= 0.6 is 0 Å². The van der Waals surface area contributed by atoms with Crippen molar-refractivity contribution >= 4 is 11.6 Å². The summed E-state index contributed by atoms with van der Waals surface area (Å²) in [7, 11) is 2.04. The second kappa shape index (κ2) is 6.10. The van der Waals surface area contributed by atoms with Crippen LogP contribution in [0.15, 0.2) is 36.4 Å². The highest BCUT2D eigenvalue weighted by Crippen LogP contribution is 2.27. The quantitative estimate of drug-likeness (QED) is 0.653. The molecule has 0 spiro atoms. The lowest BCUT2D eigenvalue weighted by Gasteiger charge is -2.36. The van der Waals surface area contributed by atoms with Gasteiger partial charge in [0, 0.05) is 24.2 Å². The van der Waals surface area contributed by atoms with Crippen LogP contribution < -0.4 is 16.2 Å². The van der Waals surface area contributed by atoms with Gasteiger partial charge in [0.1, 0.15) is 11.6 Å². The first-order chi connectivity index (χ1) is 9.97. The number of nitrogens with zero attached hydrogens (tertiary/aromatic N) is 3. The summed E-state index contributed by atoms with van der Waals surface area (Å²) in [6.07, 6.45) is 1.01. The van der Waals surface area contributed by atoms with Crippen LogP contribution in [-0.4, -0.2) is 22.6 Å². The summed E-state index contributed by atoms with van der Waals surface area (Å²) >= 11 is 0. The molecule has 1 aromatic carbocycles. The van der Waals surface area contributed by atoms with E-state index in [0.717, 1.165) is 17.8 Å². The van der Waals surface area contributed by atoms with Gasteiger partial charge in [0.25, 0.3) is 0 Å². The molecule has 21 heavy (non-hydrogen) atoms. The van der Waals surface area contributed by atoms with Gasteiger partial charge in [-0.25, -0.2) is 15.8 Å². The van der Waals surface area contributed by atoms with Gasteiger partial charge < -0.3 is 10.3 Å². The number of hydrazine groups is 1. The Kier molecular flexibility index (Phi) is 4.43. The van der Waals surface area contributed by atoms with E-state index in [1.807, 2.05) is 43.4 Å². The minimum Gasteiger partial charge on any atom is -0.354 e. The third kappa shape index (κ3) is 3.31. The Morgan fingerprint density at radius 3 is 2.43 bits per heavy atom. The lowest BCUT2D eigenvalue weighted by molar-refractivity contribution is 0.467. The van der Waals surface area contributed by atoms with Gasteiger partial charge in [0.15, 0.2) is 5.82 Å². The zero-order chi connectivity index (χ0) is 15.5. The predicted molar refractivity (Wildman–Crippen MR) is 88.1 cm³/mol. The average Bonchev–Trinajstić information content (AvgIpc) is 2.54. The SMILES string of the molecule is CCC(C)(C)N(C)c1cc(NN)nc(-c2ccccc2)n1. The largest absolute Gasteiger partial charge is 0.354 e. The smallest absolute Gasteiger partial charge is 0.163 e. The van der Waals surface area contributed by atoms with Crippen LogP contribution in [-0.2, 0) is 0 Å². The van der Waals surface area contributed by atoms with Crippen LogP contribution in [0.5, 0.6) is 0 Å². The summed E-state index contributed by atoms with van der Waals surface area (Å²) in [6, 6.07) is 11.8. The number of nitrogens with two attached hydrogens (primary N) is 1. The maximum Gasteiger partial charge on any atom is 0.163 e. The van der Waals surface area contributed by atoms with Crippen LogP contribution in [0, 0.1) is 0 Å². The first-order valence-electron chi connectivity index (χ1n) is 7.13. The summed E-state index contributed by atoms with van der Waals surface area (Å²) in [6.45, 7) is 6.54. The molecule has 0 saturated carbocycles. The Morgan fingerprint density at radius 2 is 1.86 bits per heavy atom. The van der Waals surface area contributed by atoms with E-state index in [4.69, 9.17) is 5.84 Å². The molecule has 1 aromatic heterocycles. The van der Waals surface area contributed by atoms with E-state index in [-0.39, 0.29) is 5.54 Å². The molecule has 5 nitrogen and oxygen atoms in total. The summed E-state index contributed by atoms with van der Waals surface area (Å²) in [5.41, 5.74) is 3.60. The van der Waals surface area contributed by atoms with E-state index in [2.05, 4.69) is 41.1 Å². The fourth-order valence-electron chi connectivity index (χ4n) is 1.94. The van der Waals surface area contributed by atoms with E-state index in [0.29, 0.717) is 11.6 Å². The molecule has 0 atom stereocenters. The number of nitrogen functional groups attached to an aromatic ring is 1. The zero-order valence-electron chi connectivity index (χ0n) is 13.1. The van der Waals surface area contributed by atoms with E-state index >= 15 is 0 Å². The Hall–Kier alpha value is -2.14. The first-order valence-corrected chi connectivity index (χ1v) is 7.13. The number of hydrogen-bond acceptors (Lipinski definition) is 5. The van der Waals surface area contributed by atoms with Gasteiger partial charge in [-0.15, -0.1) is 0 Å². The highest BCUT2D eigenvalue weighted by molar-refractivity contribution is 5.61. The average molecular weight is 285 g/mol. The standard InChI is InChI=1S/C16H23N5/c1-5-16(2,3)21(4)14-11-13(20-17)18-15(19-14)12-9-7-6-8-10-12/h6-11H,5,17H2,1-4H3,(H,18,19,20). The van der Waals surface area contributed by atoms with Crippen molar-refractivity contribution in [2.45, 2.75) is 32.7 Å². The van der Waals surface area contributed by atoms with E-state index < -0.39 is 0 Å². The van der Waals surface area contributed by atoms with Crippen LogP contribution in [0.2, 0.25) is 0 Å².